The van der Waals surface area contributed by atoms with Gasteiger partial charge in [0, 0.05) is 11.1 Å². The van der Waals surface area contributed by atoms with Gasteiger partial charge < -0.3 is 5.32 Å². The highest BCUT2D eigenvalue weighted by molar-refractivity contribution is 6.31. The number of fused-ring (bicyclic) bond motifs is 1. The molecule has 0 aliphatic heterocycles. The molecule has 1 aliphatic carbocycles. The zero-order valence-corrected chi connectivity index (χ0v) is 15.3. The minimum Gasteiger partial charge on any atom is -0.364 e. The number of nitrogens with one attached hydrogen (secondary N) is 2. The number of H-pyrrole nitrogens is 1. The number of nitrogens with zero attached hydrogens (tertiary/aromatic N) is 4. The molecule has 0 saturated heterocycles. The van der Waals surface area contributed by atoms with Crippen LogP contribution in [-0.4, -0.2) is 31.2 Å². The van der Waals surface area contributed by atoms with E-state index in [1.807, 2.05) is 24.3 Å². The summed E-state index contributed by atoms with van der Waals surface area (Å²) in [5.41, 5.74) is 1.48. The van der Waals surface area contributed by atoms with Crippen LogP contribution in [0.1, 0.15) is 38.2 Å². The van der Waals surface area contributed by atoms with E-state index in [1.165, 1.54) is 12.8 Å². The van der Waals surface area contributed by atoms with E-state index in [2.05, 4.69) is 32.7 Å². The van der Waals surface area contributed by atoms with Crippen LogP contribution in [-0.2, 0) is 6.54 Å². The van der Waals surface area contributed by atoms with Gasteiger partial charge in [0.05, 0.1) is 6.54 Å². The van der Waals surface area contributed by atoms with Crippen molar-refractivity contribution in [2.45, 2.75) is 45.2 Å². The molecule has 3 aromatic rings. The minimum atomic E-state index is -0.306. The fourth-order valence-corrected chi connectivity index (χ4v) is 3.86. The number of aromatic nitrogens is 5. The molecule has 0 amide bonds. The summed E-state index contributed by atoms with van der Waals surface area (Å²) in [6.07, 6.45) is 4.65. The van der Waals surface area contributed by atoms with E-state index < -0.39 is 0 Å². The fourth-order valence-electron chi connectivity index (χ4n) is 3.67. The Balaban J connectivity index is 1.67. The highest BCUT2D eigenvalue weighted by atomic mass is 35.5. The molecule has 1 saturated carbocycles. The van der Waals surface area contributed by atoms with E-state index >= 15 is 0 Å². The van der Waals surface area contributed by atoms with Crippen LogP contribution in [0.4, 0.5) is 5.82 Å². The van der Waals surface area contributed by atoms with Gasteiger partial charge in [-0.1, -0.05) is 54.8 Å². The molecule has 136 valence electrons. The van der Waals surface area contributed by atoms with Crippen LogP contribution >= 0.6 is 11.6 Å². The van der Waals surface area contributed by atoms with Gasteiger partial charge >= 0.3 is 0 Å². The smallest absolute Gasteiger partial charge is 0.292 e. The Kier molecular flexibility index (Phi) is 4.63. The zero-order chi connectivity index (χ0) is 18.1. The second-order valence-corrected chi connectivity index (χ2v) is 7.46. The molecule has 2 unspecified atom stereocenters. The fraction of sp³-hybridized carbons (Fsp3) is 0.444. The van der Waals surface area contributed by atoms with Crippen LogP contribution in [0.15, 0.2) is 29.1 Å². The van der Waals surface area contributed by atoms with Gasteiger partial charge in [-0.25, -0.2) is 9.78 Å². The first-order valence-corrected chi connectivity index (χ1v) is 9.31. The van der Waals surface area contributed by atoms with E-state index in [0.29, 0.717) is 40.4 Å². The second-order valence-electron chi connectivity index (χ2n) is 7.05. The molecule has 8 heteroatoms. The summed E-state index contributed by atoms with van der Waals surface area (Å²) in [5, 5.41) is 19.2. The maximum atomic E-state index is 12.4. The van der Waals surface area contributed by atoms with Crippen molar-refractivity contribution >= 4 is 28.5 Å². The lowest BCUT2D eigenvalue weighted by Crippen LogP contribution is -2.27. The first-order chi connectivity index (χ1) is 12.6. The van der Waals surface area contributed by atoms with Gasteiger partial charge in [-0.05, 0) is 30.4 Å². The topological polar surface area (TPSA) is 88.5 Å². The minimum absolute atomic E-state index is 0.306. The van der Waals surface area contributed by atoms with E-state index in [4.69, 9.17) is 11.6 Å². The molecule has 26 heavy (non-hydrogen) atoms. The monoisotopic (exact) mass is 372 g/mol. The van der Waals surface area contributed by atoms with Gasteiger partial charge in [0.15, 0.2) is 16.9 Å². The van der Waals surface area contributed by atoms with Gasteiger partial charge in [0.25, 0.3) is 5.56 Å². The Morgan fingerprint density at radius 1 is 1.35 bits per heavy atom. The highest BCUT2D eigenvalue weighted by Crippen LogP contribution is 2.27. The van der Waals surface area contributed by atoms with Crippen LogP contribution in [0.3, 0.4) is 0 Å². The molecule has 4 rings (SSSR count). The van der Waals surface area contributed by atoms with Crippen LogP contribution in [0, 0.1) is 5.92 Å². The molecule has 1 aromatic carbocycles. The lowest BCUT2D eigenvalue weighted by Gasteiger charge is -2.27. The van der Waals surface area contributed by atoms with Crippen molar-refractivity contribution in [1.29, 1.82) is 0 Å². The average molecular weight is 373 g/mol. The maximum Gasteiger partial charge on any atom is 0.292 e. The summed E-state index contributed by atoms with van der Waals surface area (Å²) in [5.74, 6) is 1.28. The number of benzene rings is 1. The van der Waals surface area contributed by atoms with Crippen molar-refractivity contribution in [2.24, 2.45) is 5.92 Å². The number of hydrogen-bond acceptors (Lipinski definition) is 5. The SMILES string of the molecule is CC1CCCC(Nc2n[nH]c(=O)c3c2nnn3Cc2ccccc2Cl)C1. The predicted octanol–water partition coefficient (Wildman–Crippen LogP) is 3.21. The first kappa shape index (κ1) is 17.0. The first-order valence-electron chi connectivity index (χ1n) is 8.93. The third-order valence-electron chi connectivity index (χ3n) is 5.00. The van der Waals surface area contributed by atoms with Crippen molar-refractivity contribution in [3.8, 4) is 0 Å². The predicted molar refractivity (Wildman–Crippen MR) is 102 cm³/mol. The van der Waals surface area contributed by atoms with Gasteiger partial charge in [-0.3, -0.25) is 4.79 Å². The molecule has 2 heterocycles. The standard InChI is InChI=1S/C18H21ClN6O/c1-11-5-4-7-13(9-11)20-17-15-16(18(26)23-22-17)25(24-21-15)10-12-6-2-3-8-14(12)19/h2-3,6,8,11,13H,4-5,7,9-10H2,1H3,(H,20,22)(H,23,26). The van der Waals surface area contributed by atoms with Crippen molar-refractivity contribution < 1.29 is 0 Å². The highest BCUT2D eigenvalue weighted by Gasteiger charge is 2.22. The van der Waals surface area contributed by atoms with E-state index in [1.54, 1.807) is 4.68 Å². The summed E-state index contributed by atoms with van der Waals surface area (Å²) in [6, 6.07) is 7.85. The van der Waals surface area contributed by atoms with E-state index in [-0.39, 0.29) is 5.56 Å². The van der Waals surface area contributed by atoms with Crippen molar-refractivity contribution in [1.82, 2.24) is 25.2 Å². The van der Waals surface area contributed by atoms with Crippen molar-refractivity contribution in [3.05, 3.63) is 45.2 Å². The summed E-state index contributed by atoms with van der Waals surface area (Å²) in [4.78, 5) is 12.4. The number of aromatic amines is 1. The average Bonchev–Trinajstić information content (AvgIpc) is 3.04. The van der Waals surface area contributed by atoms with Crippen LogP contribution in [0.25, 0.3) is 11.0 Å². The lowest BCUT2D eigenvalue weighted by atomic mass is 9.87. The molecule has 1 fully saturated rings. The Hall–Kier alpha value is -2.41. The van der Waals surface area contributed by atoms with Gasteiger partial charge in [-0.15, -0.1) is 5.10 Å². The molecule has 1 aliphatic rings. The lowest BCUT2D eigenvalue weighted by molar-refractivity contribution is 0.358. The normalized spacial score (nSPS) is 20.4. The van der Waals surface area contributed by atoms with Crippen molar-refractivity contribution in [2.75, 3.05) is 5.32 Å². The van der Waals surface area contributed by atoms with E-state index in [9.17, 15) is 4.79 Å². The Bertz CT molecular complexity index is 981. The van der Waals surface area contributed by atoms with E-state index in [0.717, 1.165) is 18.4 Å². The van der Waals surface area contributed by atoms with Crippen LogP contribution in [0.2, 0.25) is 5.02 Å². The van der Waals surface area contributed by atoms with Gasteiger partial charge in [0.2, 0.25) is 0 Å². The molecule has 2 atom stereocenters. The zero-order valence-electron chi connectivity index (χ0n) is 14.6. The number of rotatable bonds is 4. The van der Waals surface area contributed by atoms with Gasteiger partial charge in [0.1, 0.15) is 0 Å². The molecular formula is C18H21ClN6O. The molecule has 0 spiro atoms. The second kappa shape index (κ2) is 7.07. The third-order valence-corrected chi connectivity index (χ3v) is 5.37. The summed E-state index contributed by atoms with van der Waals surface area (Å²) >= 11 is 6.23. The van der Waals surface area contributed by atoms with Crippen LogP contribution < -0.4 is 10.9 Å². The van der Waals surface area contributed by atoms with Gasteiger partial charge in [-0.2, -0.15) is 5.10 Å². The third kappa shape index (κ3) is 3.31. The Morgan fingerprint density at radius 2 is 2.19 bits per heavy atom. The number of anilines is 1. The van der Waals surface area contributed by atoms with Crippen LogP contribution in [0.5, 0.6) is 0 Å². The molecule has 2 N–H and O–H groups in total. The molecule has 7 nitrogen and oxygen atoms in total. The van der Waals surface area contributed by atoms with Crippen molar-refractivity contribution in [3.63, 3.8) is 0 Å². The molecule has 0 radical (unpaired) electrons. The maximum absolute atomic E-state index is 12.4. The molecular weight excluding hydrogens is 352 g/mol. The summed E-state index contributed by atoms with van der Waals surface area (Å²) < 4.78 is 1.58. The Morgan fingerprint density at radius 3 is 3.00 bits per heavy atom. The summed E-state index contributed by atoms with van der Waals surface area (Å²) in [6.45, 7) is 2.65. The molecule has 0 bridgehead atoms. The quantitative estimate of drug-likeness (QED) is 0.734. The largest absolute Gasteiger partial charge is 0.364 e. The number of hydrogen-bond donors (Lipinski definition) is 2. The summed E-state index contributed by atoms with van der Waals surface area (Å²) in [7, 11) is 0. The molecule has 2 aromatic heterocycles. The number of halogens is 1. The Labute approximate surface area is 155 Å².